The maximum absolute atomic E-state index is 12.9. The van der Waals surface area contributed by atoms with Crippen molar-refractivity contribution in [2.24, 2.45) is 11.3 Å². The van der Waals surface area contributed by atoms with Crippen LogP contribution in [0.4, 0.5) is 13.2 Å². The fourth-order valence-electron chi connectivity index (χ4n) is 2.82. The van der Waals surface area contributed by atoms with Crippen LogP contribution < -0.4 is 0 Å². The van der Waals surface area contributed by atoms with Crippen molar-refractivity contribution in [1.29, 1.82) is 0 Å². The van der Waals surface area contributed by atoms with Gasteiger partial charge in [-0.1, -0.05) is 20.8 Å². The minimum atomic E-state index is -4.24. The molecule has 0 saturated heterocycles. The highest BCUT2D eigenvalue weighted by atomic mass is 19.4. The van der Waals surface area contributed by atoms with Gasteiger partial charge in [-0.05, 0) is 43.4 Å². The predicted octanol–water partition coefficient (Wildman–Crippen LogP) is 4.56. The molecule has 0 radical (unpaired) electrons. The first-order chi connectivity index (χ1) is 7.60. The average Bonchev–Trinajstić information content (AvgIpc) is 2.15. The van der Waals surface area contributed by atoms with Gasteiger partial charge >= 0.3 is 6.18 Å². The lowest BCUT2D eigenvalue weighted by Crippen LogP contribution is -2.49. The Balaban J connectivity index is 2.60. The van der Waals surface area contributed by atoms with Gasteiger partial charge in [-0.2, -0.15) is 13.2 Å². The summed E-state index contributed by atoms with van der Waals surface area (Å²) < 4.78 is 43.6. The lowest BCUT2D eigenvalue weighted by atomic mass is 9.72. The van der Waals surface area contributed by atoms with Crippen molar-refractivity contribution >= 4 is 0 Å². The zero-order valence-electron chi connectivity index (χ0n) is 11.2. The van der Waals surface area contributed by atoms with E-state index in [1.807, 2.05) is 0 Å². The van der Waals surface area contributed by atoms with Gasteiger partial charge in [-0.15, -0.1) is 0 Å². The number of ether oxygens (including phenoxy) is 1. The molecule has 0 aromatic rings. The molecule has 0 aromatic heterocycles. The molecule has 0 heterocycles. The van der Waals surface area contributed by atoms with E-state index in [-0.39, 0.29) is 18.3 Å². The summed E-state index contributed by atoms with van der Waals surface area (Å²) in [7, 11) is 1.18. The van der Waals surface area contributed by atoms with E-state index in [4.69, 9.17) is 4.74 Å². The molecule has 0 bridgehead atoms. The molecule has 4 heteroatoms. The van der Waals surface area contributed by atoms with Crippen molar-refractivity contribution in [2.45, 2.75) is 64.7 Å². The molecule has 0 spiro atoms. The third kappa shape index (κ3) is 3.60. The summed E-state index contributed by atoms with van der Waals surface area (Å²) in [5.41, 5.74) is -1.70. The topological polar surface area (TPSA) is 9.23 Å². The summed E-state index contributed by atoms with van der Waals surface area (Å²) in [6.07, 6.45) is -1.81. The highest BCUT2D eigenvalue weighted by Gasteiger charge is 2.56. The van der Waals surface area contributed by atoms with E-state index in [9.17, 15) is 13.2 Å². The molecule has 0 unspecified atom stereocenters. The molecule has 1 aliphatic rings. The minimum absolute atomic E-state index is 0.105. The molecule has 102 valence electrons. The van der Waals surface area contributed by atoms with Crippen LogP contribution >= 0.6 is 0 Å². The Morgan fingerprint density at radius 3 is 1.88 bits per heavy atom. The van der Waals surface area contributed by atoms with Gasteiger partial charge in [0.05, 0.1) is 0 Å². The van der Waals surface area contributed by atoms with E-state index in [0.717, 1.165) is 6.42 Å². The Morgan fingerprint density at radius 2 is 1.59 bits per heavy atom. The van der Waals surface area contributed by atoms with Gasteiger partial charge < -0.3 is 4.74 Å². The fourth-order valence-corrected chi connectivity index (χ4v) is 2.82. The van der Waals surface area contributed by atoms with Crippen molar-refractivity contribution in [2.75, 3.05) is 7.11 Å². The molecule has 1 nitrogen and oxygen atoms in total. The molecule has 1 rings (SSSR count). The third-order valence-corrected chi connectivity index (χ3v) is 3.72. The maximum atomic E-state index is 12.9. The normalized spacial score (nSPS) is 31.6. The molecule has 1 fully saturated rings. The summed E-state index contributed by atoms with van der Waals surface area (Å²) in [6, 6.07) is 0. The first-order valence-electron chi connectivity index (χ1n) is 6.21. The molecule has 0 atom stereocenters. The SMILES string of the molecule is COC1(C(F)(F)F)CCC(CC(C)(C)C)CC1. The van der Waals surface area contributed by atoms with Gasteiger partial charge in [0.1, 0.15) is 0 Å². The second kappa shape index (κ2) is 4.79. The van der Waals surface area contributed by atoms with Crippen molar-refractivity contribution in [3.63, 3.8) is 0 Å². The smallest absolute Gasteiger partial charge is 0.369 e. The first kappa shape index (κ1) is 14.8. The molecular weight excluding hydrogens is 229 g/mol. The van der Waals surface area contributed by atoms with E-state index in [2.05, 4.69) is 20.8 Å². The molecule has 0 amide bonds. The Labute approximate surface area is 102 Å². The molecule has 0 aliphatic heterocycles. The van der Waals surface area contributed by atoms with Gasteiger partial charge in [0.2, 0.25) is 0 Å². The lowest BCUT2D eigenvalue weighted by Gasteiger charge is -2.41. The van der Waals surface area contributed by atoms with Gasteiger partial charge in [0.15, 0.2) is 5.60 Å². The zero-order valence-corrected chi connectivity index (χ0v) is 11.2. The van der Waals surface area contributed by atoms with Crippen molar-refractivity contribution < 1.29 is 17.9 Å². The highest BCUT2D eigenvalue weighted by molar-refractivity contribution is 4.93. The van der Waals surface area contributed by atoms with Crippen LogP contribution in [-0.4, -0.2) is 18.9 Å². The highest BCUT2D eigenvalue weighted by Crippen LogP contribution is 2.47. The van der Waals surface area contributed by atoms with Crippen molar-refractivity contribution in [1.82, 2.24) is 0 Å². The number of methoxy groups -OCH3 is 1. The summed E-state index contributed by atoms with van der Waals surface area (Å²) in [4.78, 5) is 0. The number of rotatable bonds is 2. The lowest BCUT2D eigenvalue weighted by molar-refractivity contribution is -0.282. The van der Waals surface area contributed by atoms with E-state index in [1.54, 1.807) is 0 Å². The number of halogens is 3. The third-order valence-electron chi connectivity index (χ3n) is 3.72. The van der Waals surface area contributed by atoms with Crippen LogP contribution in [0.2, 0.25) is 0 Å². The zero-order chi connectivity index (χ0) is 13.3. The number of alkyl halides is 3. The summed E-state index contributed by atoms with van der Waals surface area (Å²) in [5.74, 6) is 0.403. The fraction of sp³-hybridized carbons (Fsp3) is 1.00. The maximum Gasteiger partial charge on any atom is 0.417 e. The van der Waals surface area contributed by atoms with Gasteiger partial charge in [-0.25, -0.2) is 0 Å². The standard InChI is InChI=1S/C13H23F3O/c1-11(2,3)9-10-5-7-12(17-4,8-6-10)13(14,15)16/h10H,5-9H2,1-4H3. The van der Waals surface area contributed by atoms with E-state index in [0.29, 0.717) is 18.8 Å². The van der Waals surface area contributed by atoms with Crippen LogP contribution in [0, 0.1) is 11.3 Å². The van der Waals surface area contributed by atoms with Crippen molar-refractivity contribution in [3.8, 4) is 0 Å². The molecule has 1 aliphatic carbocycles. The summed E-state index contributed by atoms with van der Waals surface area (Å²) in [6.45, 7) is 6.40. The molecule has 1 saturated carbocycles. The molecule has 0 N–H and O–H groups in total. The van der Waals surface area contributed by atoms with Gasteiger partial charge in [0, 0.05) is 7.11 Å². The van der Waals surface area contributed by atoms with Crippen molar-refractivity contribution in [3.05, 3.63) is 0 Å². The largest absolute Gasteiger partial charge is 0.417 e. The Kier molecular flexibility index (Phi) is 4.17. The van der Waals surface area contributed by atoms with Crippen LogP contribution in [0.1, 0.15) is 52.9 Å². The Bertz CT molecular complexity index is 244. The predicted molar refractivity (Wildman–Crippen MR) is 61.8 cm³/mol. The minimum Gasteiger partial charge on any atom is -0.369 e. The van der Waals surface area contributed by atoms with Crippen LogP contribution in [0.25, 0.3) is 0 Å². The Morgan fingerprint density at radius 1 is 1.12 bits per heavy atom. The second-order valence-corrected chi connectivity index (χ2v) is 6.40. The summed E-state index contributed by atoms with van der Waals surface area (Å²) in [5, 5.41) is 0. The average molecular weight is 252 g/mol. The van der Waals surface area contributed by atoms with Crippen LogP contribution in [-0.2, 0) is 4.74 Å². The monoisotopic (exact) mass is 252 g/mol. The summed E-state index contributed by atoms with van der Waals surface area (Å²) >= 11 is 0. The Hall–Kier alpha value is -0.250. The number of hydrogen-bond acceptors (Lipinski definition) is 1. The van der Waals surface area contributed by atoms with Crippen LogP contribution in [0.5, 0.6) is 0 Å². The van der Waals surface area contributed by atoms with Crippen LogP contribution in [0.3, 0.4) is 0 Å². The van der Waals surface area contributed by atoms with E-state index >= 15 is 0 Å². The van der Waals surface area contributed by atoms with Gasteiger partial charge in [-0.3, -0.25) is 0 Å². The van der Waals surface area contributed by atoms with Gasteiger partial charge in [0.25, 0.3) is 0 Å². The molecular formula is C13H23F3O. The van der Waals surface area contributed by atoms with Crippen LogP contribution in [0.15, 0.2) is 0 Å². The second-order valence-electron chi connectivity index (χ2n) is 6.40. The molecule has 17 heavy (non-hydrogen) atoms. The molecule has 0 aromatic carbocycles. The number of hydrogen-bond donors (Lipinski definition) is 0. The van der Waals surface area contributed by atoms with E-state index < -0.39 is 11.8 Å². The first-order valence-corrected chi connectivity index (χ1v) is 6.21. The van der Waals surface area contributed by atoms with E-state index in [1.165, 1.54) is 7.11 Å². The quantitative estimate of drug-likeness (QED) is 0.700.